The van der Waals surface area contributed by atoms with Crippen LogP contribution in [-0.2, 0) is 17.6 Å². The lowest BCUT2D eigenvalue weighted by Crippen LogP contribution is -2.27. The lowest BCUT2D eigenvalue weighted by atomic mass is 10.2. The van der Waals surface area contributed by atoms with E-state index in [0.29, 0.717) is 28.7 Å². The number of carbonyl (C=O) groups excluding carboxylic acids is 2. The van der Waals surface area contributed by atoms with Crippen molar-refractivity contribution < 1.29 is 9.59 Å². The number of hydrogen-bond donors (Lipinski definition) is 2. The summed E-state index contributed by atoms with van der Waals surface area (Å²) in [5, 5.41) is 9.71. The fourth-order valence-electron chi connectivity index (χ4n) is 2.12. The van der Waals surface area contributed by atoms with Crippen molar-refractivity contribution in [2.24, 2.45) is 0 Å². The summed E-state index contributed by atoms with van der Waals surface area (Å²) in [7, 11) is 0. The maximum absolute atomic E-state index is 12.0. The molecule has 3 rings (SSSR count). The molecule has 2 N–H and O–H groups in total. The zero-order chi connectivity index (χ0) is 17.5. The van der Waals surface area contributed by atoms with Gasteiger partial charge in [-0.1, -0.05) is 12.1 Å². The Balaban J connectivity index is 1.44. The van der Waals surface area contributed by atoms with Gasteiger partial charge in [-0.05, 0) is 23.6 Å². The molecule has 0 aromatic carbocycles. The van der Waals surface area contributed by atoms with Crippen molar-refractivity contribution in [3.63, 3.8) is 0 Å². The Bertz CT molecular complexity index is 831. The normalized spacial score (nSPS) is 10.4. The molecular formula is C17H16N4O2S2. The Kier molecular flexibility index (Phi) is 5.86. The van der Waals surface area contributed by atoms with Gasteiger partial charge in [-0.15, -0.1) is 22.7 Å². The molecule has 0 fully saturated rings. The van der Waals surface area contributed by atoms with Gasteiger partial charge in [-0.25, -0.2) is 4.98 Å². The number of carbonyl (C=O) groups is 2. The Hall–Kier alpha value is -2.58. The van der Waals surface area contributed by atoms with E-state index in [1.807, 2.05) is 29.6 Å². The average molecular weight is 372 g/mol. The summed E-state index contributed by atoms with van der Waals surface area (Å²) >= 11 is 2.68. The lowest BCUT2D eigenvalue weighted by molar-refractivity contribution is -0.120. The number of nitrogens with zero attached hydrogens (tertiary/aromatic N) is 2. The molecule has 0 atom stereocenters. The van der Waals surface area contributed by atoms with Crippen molar-refractivity contribution in [1.82, 2.24) is 15.3 Å². The van der Waals surface area contributed by atoms with Crippen LogP contribution >= 0.6 is 22.7 Å². The first kappa shape index (κ1) is 17.2. The van der Waals surface area contributed by atoms with Gasteiger partial charge in [-0.2, -0.15) is 0 Å². The molecule has 3 heterocycles. The van der Waals surface area contributed by atoms with Crippen LogP contribution < -0.4 is 10.6 Å². The van der Waals surface area contributed by atoms with Gasteiger partial charge in [0, 0.05) is 30.2 Å². The molecule has 6 nitrogen and oxygen atoms in total. The summed E-state index contributed by atoms with van der Waals surface area (Å²) in [6.45, 7) is 0.530. The molecule has 2 amide bonds. The van der Waals surface area contributed by atoms with Crippen molar-refractivity contribution >= 4 is 39.6 Å². The second kappa shape index (κ2) is 8.50. The number of anilines is 1. The van der Waals surface area contributed by atoms with Crippen molar-refractivity contribution in [3.05, 3.63) is 63.6 Å². The minimum atomic E-state index is -0.185. The van der Waals surface area contributed by atoms with E-state index in [9.17, 15) is 9.59 Å². The number of amides is 2. The van der Waals surface area contributed by atoms with Gasteiger partial charge in [0.25, 0.3) is 5.91 Å². The second-order valence-corrected chi connectivity index (χ2v) is 6.98. The number of nitrogens with one attached hydrogen (secondary N) is 2. The Morgan fingerprint density at radius 1 is 1.08 bits per heavy atom. The van der Waals surface area contributed by atoms with Crippen LogP contribution in [0, 0.1) is 0 Å². The highest BCUT2D eigenvalue weighted by molar-refractivity contribution is 7.14. The highest BCUT2D eigenvalue weighted by Crippen LogP contribution is 2.18. The van der Waals surface area contributed by atoms with E-state index in [4.69, 9.17) is 0 Å². The van der Waals surface area contributed by atoms with E-state index >= 15 is 0 Å². The zero-order valence-corrected chi connectivity index (χ0v) is 14.9. The van der Waals surface area contributed by atoms with E-state index in [1.54, 1.807) is 17.6 Å². The van der Waals surface area contributed by atoms with Gasteiger partial charge < -0.3 is 5.32 Å². The molecule has 0 aliphatic heterocycles. The molecule has 0 spiro atoms. The fourth-order valence-corrected chi connectivity index (χ4v) is 3.44. The summed E-state index contributed by atoms with van der Waals surface area (Å²) in [4.78, 5) is 33.1. The third kappa shape index (κ3) is 5.20. The van der Waals surface area contributed by atoms with Crippen molar-refractivity contribution in [1.29, 1.82) is 0 Å². The quantitative estimate of drug-likeness (QED) is 0.668. The number of thiazole rings is 1. The Morgan fingerprint density at radius 3 is 2.76 bits per heavy atom. The van der Waals surface area contributed by atoms with Gasteiger partial charge >= 0.3 is 0 Å². The molecule has 0 saturated heterocycles. The number of hydrogen-bond acceptors (Lipinski definition) is 6. The first-order valence-corrected chi connectivity index (χ1v) is 9.42. The number of thiophene rings is 1. The molecule has 25 heavy (non-hydrogen) atoms. The SMILES string of the molecule is O=C(Cc1csc(NC(=O)c2cccs2)n1)NCCc1ccccn1. The summed E-state index contributed by atoms with van der Waals surface area (Å²) in [5.41, 5.74) is 1.58. The summed E-state index contributed by atoms with van der Waals surface area (Å²) in [5.74, 6) is -0.284. The van der Waals surface area contributed by atoms with E-state index < -0.39 is 0 Å². The van der Waals surface area contributed by atoms with Gasteiger partial charge in [0.05, 0.1) is 17.0 Å². The predicted octanol–water partition coefficient (Wildman–Crippen LogP) is 2.75. The molecule has 0 aliphatic rings. The zero-order valence-electron chi connectivity index (χ0n) is 13.3. The largest absolute Gasteiger partial charge is 0.355 e. The first-order chi connectivity index (χ1) is 12.2. The number of pyridine rings is 1. The van der Waals surface area contributed by atoms with E-state index in [1.165, 1.54) is 22.7 Å². The van der Waals surface area contributed by atoms with Gasteiger partial charge in [0.15, 0.2) is 5.13 Å². The van der Waals surface area contributed by atoms with Crippen LogP contribution in [0.1, 0.15) is 21.1 Å². The molecule has 128 valence electrons. The van der Waals surface area contributed by atoms with Gasteiger partial charge in [0.1, 0.15) is 0 Å². The van der Waals surface area contributed by atoms with Crippen LogP contribution in [0.2, 0.25) is 0 Å². The third-order valence-electron chi connectivity index (χ3n) is 3.29. The van der Waals surface area contributed by atoms with Crippen molar-refractivity contribution in [3.8, 4) is 0 Å². The van der Waals surface area contributed by atoms with E-state index in [2.05, 4.69) is 20.6 Å². The average Bonchev–Trinajstić information content (AvgIpc) is 3.28. The van der Waals surface area contributed by atoms with Crippen LogP contribution in [0.3, 0.4) is 0 Å². The van der Waals surface area contributed by atoms with Crippen molar-refractivity contribution in [2.45, 2.75) is 12.8 Å². The lowest BCUT2D eigenvalue weighted by Gasteiger charge is -2.03. The van der Waals surface area contributed by atoms with E-state index in [-0.39, 0.29) is 18.2 Å². The standard InChI is InChI=1S/C17H16N4O2S2/c22-15(19-8-6-12-4-1-2-7-18-12)10-13-11-25-17(20-13)21-16(23)14-5-3-9-24-14/h1-5,7,9,11H,6,8,10H2,(H,19,22)(H,20,21,23). The summed E-state index contributed by atoms with van der Waals surface area (Å²) in [6, 6.07) is 9.28. The molecule has 3 aromatic rings. The molecular weight excluding hydrogens is 356 g/mol. The molecule has 3 aromatic heterocycles. The van der Waals surface area contributed by atoms with Gasteiger partial charge in [0.2, 0.25) is 5.91 Å². The maximum atomic E-state index is 12.0. The molecule has 0 radical (unpaired) electrons. The predicted molar refractivity (Wildman–Crippen MR) is 99.0 cm³/mol. The Labute approximate surface area is 153 Å². The van der Waals surface area contributed by atoms with Crippen LogP contribution in [0.25, 0.3) is 0 Å². The number of aromatic nitrogens is 2. The smallest absolute Gasteiger partial charge is 0.267 e. The van der Waals surface area contributed by atoms with Gasteiger partial charge in [-0.3, -0.25) is 19.9 Å². The highest BCUT2D eigenvalue weighted by Gasteiger charge is 2.11. The second-order valence-electron chi connectivity index (χ2n) is 5.17. The Morgan fingerprint density at radius 2 is 2.00 bits per heavy atom. The molecule has 0 aliphatic carbocycles. The first-order valence-electron chi connectivity index (χ1n) is 7.66. The van der Waals surface area contributed by atoms with Crippen LogP contribution in [0.15, 0.2) is 47.3 Å². The van der Waals surface area contributed by atoms with Crippen molar-refractivity contribution in [2.75, 3.05) is 11.9 Å². The summed E-state index contributed by atoms with van der Waals surface area (Å²) < 4.78 is 0. The fraction of sp³-hybridized carbons (Fsp3) is 0.176. The number of rotatable bonds is 7. The third-order valence-corrected chi connectivity index (χ3v) is 4.96. The van der Waals surface area contributed by atoms with Crippen LogP contribution in [0.5, 0.6) is 0 Å². The molecule has 0 saturated carbocycles. The minimum Gasteiger partial charge on any atom is -0.355 e. The molecule has 0 unspecified atom stereocenters. The topological polar surface area (TPSA) is 84.0 Å². The minimum absolute atomic E-state index is 0.0997. The van der Waals surface area contributed by atoms with E-state index in [0.717, 1.165) is 5.69 Å². The maximum Gasteiger partial charge on any atom is 0.267 e. The monoisotopic (exact) mass is 372 g/mol. The highest BCUT2D eigenvalue weighted by atomic mass is 32.1. The molecule has 8 heteroatoms. The van der Waals surface area contributed by atoms with Crippen LogP contribution in [-0.4, -0.2) is 28.3 Å². The molecule has 0 bridgehead atoms. The summed E-state index contributed by atoms with van der Waals surface area (Å²) in [6.07, 6.45) is 2.61. The van der Waals surface area contributed by atoms with Crippen LogP contribution in [0.4, 0.5) is 5.13 Å².